The summed E-state index contributed by atoms with van der Waals surface area (Å²) in [4.78, 5) is 18.0. The van der Waals surface area contributed by atoms with E-state index in [4.69, 9.17) is 16.3 Å². The average molecular weight is 305 g/mol. The fourth-order valence-electron chi connectivity index (χ4n) is 2.01. The predicted molar refractivity (Wildman–Crippen MR) is 83.8 cm³/mol. The Morgan fingerprint density at radius 3 is 2.57 bits per heavy atom. The number of benzene rings is 1. The number of anilines is 1. The third-order valence-corrected chi connectivity index (χ3v) is 3.18. The van der Waals surface area contributed by atoms with Crippen LogP contribution in [0.4, 0.5) is 5.69 Å². The van der Waals surface area contributed by atoms with Crippen LogP contribution in [0, 0.1) is 0 Å². The maximum absolute atomic E-state index is 12.4. The van der Waals surface area contributed by atoms with Crippen molar-refractivity contribution in [3.8, 4) is 5.75 Å². The van der Waals surface area contributed by atoms with Crippen LogP contribution in [-0.4, -0.2) is 23.5 Å². The van der Waals surface area contributed by atoms with E-state index in [-0.39, 0.29) is 23.7 Å². The van der Waals surface area contributed by atoms with Gasteiger partial charge < -0.3 is 9.64 Å². The van der Waals surface area contributed by atoms with Gasteiger partial charge in [0, 0.05) is 17.9 Å². The number of halogens is 1. The Labute approximate surface area is 129 Å². The van der Waals surface area contributed by atoms with Gasteiger partial charge in [0.25, 0.3) is 5.91 Å². The van der Waals surface area contributed by atoms with E-state index >= 15 is 0 Å². The third-order valence-electron chi connectivity index (χ3n) is 2.90. The number of carbonyl (C=O) groups excluding carboxylic acids is 1. The number of hydrogen-bond acceptors (Lipinski definition) is 3. The molecule has 0 aliphatic heterocycles. The molecule has 1 aromatic carbocycles. The molecule has 4 nitrogen and oxygen atoms in total. The average Bonchev–Trinajstić information content (AvgIpc) is 2.47. The smallest absolute Gasteiger partial charge is 0.265 e. The zero-order valence-electron chi connectivity index (χ0n) is 12.0. The number of carbonyl (C=O) groups is 1. The van der Waals surface area contributed by atoms with E-state index in [1.165, 1.54) is 0 Å². The van der Waals surface area contributed by atoms with Crippen molar-refractivity contribution in [2.45, 2.75) is 19.9 Å². The number of rotatable bonds is 5. The molecular formula is C16H17ClN2O2. The summed E-state index contributed by atoms with van der Waals surface area (Å²) >= 11 is 5.91. The molecule has 110 valence electrons. The van der Waals surface area contributed by atoms with Crippen LogP contribution in [0.25, 0.3) is 0 Å². The Hall–Kier alpha value is -2.07. The van der Waals surface area contributed by atoms with E-state index < -0.39 is 0 Å². The van der Waals surface area contributed by atoms with Crippen LogP contribution in [0.5, 0.6) is 5.75 Å². The van der Waals surface area contributed by atoms with Gasteiger partial charge in [-0.15, -0.1) is 0 Å². The summed E-state index contributed by atoms with van der Waals surface area (Å²) in [5, 5.41) is 0.251. The number of para-hydroxylation sites is 1. The molecule has 1 amide bonds. The molecule has 0 aliphatic carbocycles. The lowest BCUT2D eigenvalue weighted by Crippen LogP contribution is -2.40. The Morgan fingerprint density at radius 1 is 1.24 bits per heavy atom. The molecule has 2 rings (SSSR count). The largest absolute Gasteiger partial charge is 0.481 e. The summed E-state index contributed by atoms with van der Waals surface area (Å²) < 4.78 is 5.47. The maximum atomic E-state index is 12.4. The first-order chi connectivity index (χ1) is 10.1. The quantitative estimate of drug-likeness (QED) is 0.793. The minimum Gasteiger partial charge on any atom is -0.481 e. The van der Waals surface area contributed by atoms with Crippen molar-refractivity contribution in [3.63, 3.8) is 0 Å². The Balaban J connectivity index is 2.08. The van der Waals surface area contributed by atoms with Crippen molar-refractivity contribution < 1.29 is 9.53 Å². The fraction of sp³-hybridized carbons (Fsp3) is 0.250. The lowest BCUT2D eigenvalue weighted by Gasteiger charge is -2.26. The number of nitrogens with zero attached hydrogens (tertiary/aromatic N) is 2. The van der Waals surface area contributed by atoms with Crippen molar-refractivity contribution in [2.24, 2.45) is 0 Å². The van der Waals surface area contributed by atoms with E-state index in [1.807, 2.05) is 44.2 Å². The highest BCUT2D eigenvalue weighted by molar-refractivity contribution is 6.30. The zero-order valence-corrected chi connectivity index (χ0v) is 12.7. The van der Waals surface area contributed by atoms with E-state index in [0.29, 0.717) is 5.75 Å². The summed E-state index contributed by atoms with van der Waals surface area (Å²) in [6.45, 7) is 3.84. The molecule has 0 unspecified atom stereocenters. The van der Waals surface area contributed by atoms with E-state index in [0.717, 1.165) is 5.69 Å². The monoisotopic (exact) mass is 304 g/mol. The molecule has 0 saturated carbocycles. The number of ether oxygens (including phenoxy) is 1. The second-order valence-corrected chi connectivity index (χ2v) is 5.13. The van der Waals surface area contributed by atoms with Crippen LogP contribution in [0.2, 0.25) is 5.15 Å². The van der Waals surface area contributed by atoms with Crippen LogP contribution in [0.1, 0.15) is 13.8 Å². The van der Waals surface area contributed by atoms with Crippen LogP contribution >= 0.6 is 11.6 Å². The van der Waals surface area contributed by atoms with Gasteiger partial charge in [-0.2, -0.15) is 0 Å². The molecule has 0 atom stereocenters. The minimum absolute atomic E-state index is 0.0351. The van der Waals surface area contributed by atoms with Gasteiger partial charge in [-0.05, 0) is 38.1 Å². The number of pyridine rings is 1. The lowest BCUT2D eigenvalue weighted by molar-refractivity contribution is -0.120. The van der Waals surface area contributed by atoms with Gasteiger partial charge in [-0.3, -0.25) is 4.79 Å². The third kappa shape index (κ3) is 3.95. The van der Waals surface area contributed by atoms with Crippen LogP contribution < -0.4 is 9.64 Å². The van der Waals surface area contributed by atoms with E-state index in [2.05, 4.69) is 4.98 Å². The van der Waals surface area contributed by atoms with Gasteiger partial charge in [-0.1, -0.05) is 29.8 Å². The Kier molecular flexibility index (Phi) is 5.17. The Morgan fingerprint density at radius 2 is 1.95 bits per heavy atom. The first-order valence-corrected chi connectivity index (χ1v) is 7.08. The number of aromatic nitrogens is 1. The van der Waals surface area contributed by atoms with Crippen molar-refractivity contribution in [1.29, 1.82) is 0 Å². The highest BCUT2D eigenvalue weighted by atomic mass is 35.5. The van der Waals surface area contributed by atoms with Gasteiger partial charge in [0.05, 0.1) is 0 Å². The van der Waals surface area contributed by atoms with Crippen LogP contribution in [-0.2, 0) is 4.79 Å². The Bertz CT molecular complexity index is 602. The van der Waals surface area contributed by atoms with Gasteiger partial charge in [-0.25, -0.2) is 4.98 Å². The minimum atomic E-state index is -0.129. The standard InChI is InChI=1S/C16H17ClN2O2/c1-12(2)19(13-7-4-3-5-8-13)15(20)11-21-14-9-6-10-18-16(14)17/h3-10,12H,11H2,1-2H3. The molecule has 2 aromatic rings. The van der Waals surface area contributed by atoms with Crippen molar-refractivity contribution >= 4 is 23.2 Å². The van der Waals surface area contributed by atoms with Gasteiger partial charge >= 0.3 is 0 Å². The summed E-state index contributed by atoms with van der Waals surface area (Å²) in [6.07, 6.45) is 1.57. The van der Waals surface area contributed by atoms with Gasteiger partial charge in [0.1, 0.15) is 0 Å². The molecule has 21 heavy (non-hydrogen) atoms. The highest BCUT2D eigenvalue weighted by Crippen LogP contribution is 2.21. The number of hydrogen-bond donors (Lipinski definition) is 0. The molecule has 0 bridgehead atoms. The molecular weight excluding hydrogens is 288 g/mol. The molecule has 0 saturated heterocycles. The molecule has 1 heterocycles. The first-order valence-electron chi connectivity index (χ1n) is 6.70. The predicted octanol–water partition coefficient (Wildman–Crippen LogP) is 3.56. The molecule has 0 N–H and O–H groups in total. The molecule has 5 heteroatoms. The van der Waals surface area contributed by atoms with E-state index in [9.17, 15) is 4.79 Å². The zero-order chi connectivity index (χ0) is 15.2. The van der Waals surface area contributed by atoms with Crippen molar-refractivity contribution in [3.05, 3.63) is 53.8 Å². The maximum Gasteiger partial charge on any atom is 0.265 e. The summed E-state index contributed by atoms with van der Waals surface area (Å²) in [7, 11) is 0. The fourth-order valence-corrected chi connectivity index (χ4v) is 2.18. The topological polar surface area (TPSA) is 42.4 Å². The van der Waals surface area contributed by atoms with Crippen molar-refractivity contribution in [1.82, 2.24) is 4.98 Å². The van der Waals surface area contributed by atoms with Crippen molar-refractivity contribution in [2.75, 3.05) is 11.5 Å². The number of amides is 1. The molecule has 0 radical (unpaired) electrons. The SMILES string of the molecule is CC(C)N(C(=O)COc1cccnc1Cl)c1ccccc1. The summed E-state index contributed by atoms with van der Waals surface area (Å²) in [6, 6.07) is 12.9. The molecule has 0 aliphatic rings. The summed E-state index contributed by atoms with van der Waals surface area (Å²) in [5.41, 5.74) is 0.846. The molecule has 1 aromatic heterocycles. The molecule has 0 fully saturated rings. The van der Waals surface area contributed by atoms with Gasteiger partial charge in [0.2, 0.25) is 0 Å². The second kappa shape index (κ2) is 7.09. The van der Waals surface area contributed by atoms with Crippen LogP contribution in [0.15, 0.2) is 48.7 Å². The molecule has 0 spiro atoms. The second-order valence-electron chi connectivity index (χ2n) is 4.77. The first kappa shape index (κ1) is 15.3. The van der Waals surface area contributed by atoms with Crippen LogP contribution in [0.3, 0.4) is 0 Å². The summed E-state index contributed by atoms with van der Waals surface area (Å²) in [5.74, 6) is 0.278. The highest BCUT2D eigenvalue weighted by Gasteiger charge is 2.19. The van der Waals surface area contributed by atoms with E-state index in [1.54, 1.807) is 23.2 Å². The lowest BCUT2D eigenvalue weighted by atomic mass is 10.2. The van der Waals surface area contributed by atoms with Gasteiger partial charge in [0.15, 0.2) is 17.5 Å². The normalized spacial score (nSPS) is 10.5.